The van der Waals surface area contributed by atoms with E-state index in [0.29, 0.717) is 25.9 Å². The molecular weight excluding hydrogens is 520 g/mol. The second-order valence-corrected chi connectivity index (χ2v) is 11.7. The zero-order valence-corrected chi connectivity index (χ0v) is 22.2. The minimum absolute atomic E-state index is 0.0290. The smallest absolute Gasteiger partial charge is 0.333 e. The van der Waals surface area contributed by atoms with Crippen LogP contribution in [0, 0.1) is 17.8 Å². The number of hydrogen-bond donors (Lipinski definition) is 6. The molecule has 16 atom stereocenters. The third kappa shape index (κ3) is 6.00. The molecule has 0 aromatic heterocycles. The first-order valence-corrected chi connectivity index (χ1v) is 14.1. The van der Waals surface area contributed by atoms with Gasteiger partial charge in [0.2, 0.25) is 0 Å². The first kappa shape index (κ1) is 29.5. The fourth-order valence-electron chi connectivity index (χ4n) is 6.48. The molecule has 0 radical (unpaired) electrons. The van der Waals surface area contributed by atoms with Crippen molar-refractivity contribution in [2.24, 2.45) is 17.8 Å². The first-order valence-electron chi connectivity index (χ1n) is 14.1. The number of aliphatic hydroxyl groups excluding tert-OH is 5. The second-order valence-electron chi connectivity index (χ2n) is 11.7. The van der Waals surface area contributed by atoms with Crippen LogP contribution in [0.15, 0.2) is 0 Å². The predicted molar refractivity (Wildman–Crippen MR) is 129 cm³/mol. The van der Waals surface area contributed by atoms with E-state index in [9.17, 15) is 35.4 Å². The normalized spacial score (nSPS) is 52.5. The van der Waals surface area contributed by atoms with Gasteiger partial charge in [-0.1, -0.05) is 13.3 Å². The van der Waals surface area contributed by atoms with E-state index < -0.39 is 92.3 Å². The van der Waals surface area contributed by atoms with Crippen molar-refractivity contribution >= 4 is 5.97 Å². The van der Waals surface area contributed by atoms with E-state index in [0.717, 1.165) is 12.8 Å². The molecule has 13 nitrogen and oxygen atoms in total. The maximum atomic E-state index is 12.0. The summed E-state index contributed by atoms with van der Waals surface area (Å²) >= 11 is 0. The molecule has 13 heteroatoms. The second kappa shape index (κ2) is 12.1. The van der Waals surface area contributed by atoms with E-state index in [1.165, 1.54) is 0 Å². The molecule has 16 unspecified atom stereocenters. The van der Waals surface area contributed by atoms with Gasteiger partial charge in [0.1, 0.15) is 42.7 Å². The number of hydrogen-bond acceptors (Lipinski definition) is 12. The van der Waals surface area contributed by atoms with Crippen molar-refractivity contribution in [3.63, 3.8) is 0 Å². The third-order valence-corrected chi connectivity index (χ3v) is 8.99. The summed E-state index contributed by atoms with van der Waals surface area (Å²) in [6, 6.07) is 0. The molecule has 0 aromatic rings. The summed E-state index contributed by atoms with van der Waals surface area (Å²) < 4.78 is 36.3. The van der Waals surface area contributed by atoms with Crippen molar-refractivity contribution in [2.75, 3.05) is 13.2 Å². The minimum atomic E-state index is -1.47. The van der Waals surface area contributed by atoms with Gasteiger partial charge in [0.25, 0.3) is 0 Å². The quantitative estimate of drug-likeness (QED) is 0.225. The third-order valence-electron chi connectivity index (χ3n) is 8.99. The zero-order valence-electron chi connectivity index (χ0n) is 22.2. The van der Waals surface area contributed by atoms with Crippen LogP contribution in [0.25, 0.3) is 0 Å². The topological polar surface area (TPSA) is 194 Å². The van der Waals surface area contributed by atoms with Crippen LogP contribution in [0.3, 0.4) is 0 Å². The lowest BCUT2D eigenvalue weighted by atomic mass is 9.85. The molecule has 0 aromatic carbocycles. The SMILES string of the molecule is CC1CCCC(OC2OC(CO)C(O)C3OC(C(=O)O)C4CC4CCOC23)C1OC1OC(C)C(O)C(O)C1O. The van der Waals surface area contributed by atoms with Crippen LogP contribution >= 0.6 is 0 Å². The molecule has 3 aliphatic heterocycles. The zero-order chi connectivity index (χ0) is 28.0. The van der Waals surface area contributed by atoms with Crippen molar-refractivity contribution in [3.05, 3.63) is 0 Å². The molecule has 5 rings (SSSR count). The van der Waals surface area contributed by atoms with Crippen molar-refractivity contribution in [2.45, 2.75) is 126 Å². The molecule has 0 amide bonds. The number of carbonyl (C=O) groups is 1. The number of carboxylic acids is 1. The Kier molecular flexibility index (Phi) is 9.16. The van der Waals surface area contributed by atoms with Crippen LogP contribution in [0.5, 0.6) is 0 Å². The predicted octanol–water partition coefficient (Wildman–Crippen LogP) is -1.25. The van der Waals surface area contributed by atoms with Crippen molar-refractivity contribution in [1.29, 1.82) is 0 Å². The fourth-order valence-corrected chi connectivity index (χ4v) is 6.48. The van der Waals surface area contributed by atoms with E-state index in [1.54, 1.807) is 6.92 Å². The molecule has 5 fully saturated rings. The Morgan fingerprint density at radius 3 is 2.36 bits per heavy atom. The summed E-state index contributed by atoms with van der Waals surface area (Å²) in [7, 11) is 0. The van der Waals surface area contributed by atoms with Crippen molar-refractivity contribution < 1.29 is 63.9 Å². The van der Waals surface area contributed by atoms with Gasteiger partial charge in [-0.25, -0.2) is 4.79 Å². The molecule has 3 saturated heterocycles. The van der Waals surface area contributed by atoms with Gasteiger partial charge in [-0.05, 0) is 50.4 Å². The van der Waals surface area contributed by atoms with Gasteiger partial charge in [-0.3, -0.25) is 0 Å². The maximum Gasteiger partial charge on any atom is 0.333 e. The van der Waals surface area contributed by atoms with Gasteiger partial charge in [-0.15, -0.1) is 0 Å². The van der Waals surface area contributed by atoms with E-state index in [2.05, 4.69) is 0 Å². The Balaban J connectivity index is 1.35. The summed E-state index contributed by atoms with van der Waals surface area (Å²) in [5.74, 6) is -1.14. The van der Waals surface area contributed by atoms with Crippen LogP contribution in [0.4, 0.5) is 0 Å². The monoisotopic (exact) mass is 562 g/mol. The summed E-state index contributed by atoms with van der Waals surface area (Å²) in [5.41, 5.74) is 0. The highest BCUT2D eigenvalue weighted by Crippen LogP contribution is 2.47. The van der Waals surface area contributed by atoms with Gasteiger partial charge < -0.3 is 59.1 Å². The van der Waals surface area contributed by atoms with Crippen LogP contribution in [0.1, 0.15) is 46.0 Å². The molecule has 0 bridgehead atoms. The largest absolute Gasteiger partial charge is 0.479 e. The first-order chi connectivity index (χ1) is 18.6. The van der Waals surface area contributed by atoms with Gasteiger partial charge in [-0.2, -0.15) is 0 Å². The molecule has 3 heterocycles. The molecule has 39 heavy (non-hydrogen) atoms. The number of carboxylic acid groups (broad SMARTS) is 1. The Bertz CT molecular complexity index is 845. The van der Waals surface area contributed by atoms with E-state index in [1.807, 2.05) is 6.92 Å². The van der Waals surface area contributed by atoms with Crippen LogP contribution in [-0.2, 0) is 33.2 Å². The summed E-state index contributed by atoms with van der Waals surface area (Å²) in [6.45, 7) is 3.31. The maximum absolute atomic E-state index is 12.0. The van der Waals surface area contributed by atoms with Gasteiger partial charge >= 0.3 is 5.97 Å². The summed E-state index contributed by atoms with van der Waals surface area (Å²) in [5, 5.41) is 61.5. The number of ether oxygens (including phenoxy) is 6. The molecule has 2 aliphatic carbocycles. The molecule has 224 valence electrons. The summed E-state index contributed by atoms with van der Waals surface area (Å²) in [4.78, 5) is 12.0. The van der Waals surface area contributed by atoms with E-state index in [4.69, 9.17) is 28.4 Å². The lowest BCUT2D eigenvalue weighted by molar-refractivity contribution is -0.352. The molecule has 0 spiro atoms. The lowest BCUT2D eigenvalue weighted by Gasteiger charge is -2.47. The van der Waals surface area contributed by atoms with Crippen molar-refractivity contribution in [3.8, 4) is 0 Å². The number of aliphatic carboxylic acids is 1. The number of rotatable bonds is 6. The van der Waals surface area contributed by atoms with Gasteiger partial charge in [0.05, 0.1) is 24.9 Å². The highest BCUT2D eigenvalue weighted by Gasteiger charge is 2.55. The van der Waals surface area contributed by atoms with Crippen LogP contribution in [-0.4, -0.2) is 130 Å². The fraction of sp³-hybridized carbons (Fsp3) is 0.962. The van der Waals surface area contributed by atoms with Crippen LogP contribution in [0.2, 0.25) is 0 Å². The molecule has 5 aliphatic rings. The molecule has 6 N–H and O–H groups in total. The van der Waals surface area contributed by atoms with Crippen LogP contribution < -0.4 is 0 Å². The Morgan fingerprint density at radius 2 is 1.64 bits per heavy atom. The van der Waals surface area contributed by atoms with Gasteiger partial charge in [0.15, 0.2) is 18.7 Å². The number of fused-ring (bicyclic) bond motifs is 2. The highest BCUT2D eigenvalue weighted by atomic mass is 16.7. The Hall–Kier alpha value is -0.970. The van der Waals surface area contributed by atoms with E-state index >= 15 is 0 Å². The highest BCUT2D eigenvalue weighted by molar-refractivity contribution is 5.73. The number of aliphatic hydroxyl groups is 5. The summed E-state index contributed by atoms with van der Waals surface area (Å²) in [6.07, 6.45) is -10.5. The molecular formula is C26H42O13. The Morgan fingerprint density at radius 1 is 0.872 bits per heavy atom. The molecule has 2 saturated carbocycles. The van der Waals surface area contributed by atoms with E-state index in [-0.39, 0.29) is 17.8 Å². The average molecular weight is 563 g/mol. The average Bonchev–Trinajstić information content (AvgIpc) is 3.66. The van der Waals surface area contributed by atoms with Crippen molar-refractivity contribution in [1.82, 2.24) is 0 Å². The Labute approximate surface area is 226 Å². The lowest BCUT2D eigenvalue weighted by Crippen LogP contribution is -2.63. The standard InChI is InChI=1S/C26H42O13/c1-10-4-3-5-14(20(10)39-25-19(31)18(30)16(28)11(2)35-25)36-26-23-22(17(29)15(9-27)37-26)38-21(24(32)33)13-8-12(13)6-7-34-23/h10-23,25-31H,3-9H2,1-2H3,(H,32,33). The van der Waals surface area contributed by atoms with Gasteiger partial charge in [0, 0.05) is 6.61 Å². The minimum Gasteiger partial charge on any atom is -0.479 e.